The van der Waals surface area contributed by atoms with E-state index in [1.54, 1.807) is 6.08 Å². The van der Waals surface area contributed by atoms with Crippen molar-refractivity contribution in [3.05, 3.63) is 24.3 Å². The highest BCUT2D eigenvalue weighted by atomic mass is 16.5. The van der Waals surface area contributed by atoms with Gasteiger partial charge in [-0.15, -0.1) is 0 Å². The highest BCUT2D eigenvalue weighted by Crippen LogP contribution is 2.33. The predicted molar refractivity (Wildman–Crippen MR) is 102 cm³/mol. The third kappa shape index (κ3) is 8.28. The lowest BCUT2D eigenvalue weighted by Gasteiger charge is -2.16. The molecule has 0 saturated heterocycles. The van der Waals surface area contributed by atoms with Crippen molar-refractivity contribution in [2.75, 3.05) is 7.11 Å². The summed E-state index contributed by atoms with van der Waals surface area (Å²) in [6.07, 6.45) is 12.8. The Morgan fingerprint density at radius 2 is 2.08 bits per heavy atom. The summed E-state index contributed by atoms with van der Waals surface area (Å²) in [6.45, 7) is 2.12. The molecular formula is C21H34O5. The fraction of sp³-hybridized carbons (Fsp3) is 0.714. The van der Waals surface area contributed by atoms with Gasteiger partial charge < -0.3 is 14.9 Å². The number of carbonyl (C=O) groups is 2. The van der Waals surface area contributed by atoms with Gasteiger partial charge in [-0.1, -0.05) is 50.5 Å². The van der Waals surface area contributed by atoms with Gasteiger partial charge >= 0.3 is 5.97 Å². The van der Waals surface area contributed by atoms with E-state index in [9.17, 15) is 19.8 Å². The van der Waals surface area contributed by atoms with Crippen LogP contribution in [0.3, 0.4) is 0 Å². The number of allylic oxidation sites excluding steroid dienone is 2. The van der Waals surface area contributed by atoms with Crippen molar-refractivity contribution < 1.29 is 24.5 Å². The van der Waals surface area contributed by atoms with Gasteiger partial charge in [-0.05, 0) is 25.7 Å². The van der Waals surface area contributed by atoms with Gasteiger partial charge in [0.1, 0.15) is 5.78 Å². The number of rotatable bonds is 12. The zero-order chi connectivity index (χ0) is 19.4. The molecule has 4 atom stereocenters. The second kappa shape index (κ2) is 12.8. The Balaban J connectivity index is 2.46. The number of esters is 1. The third-order valence-electron chi connectivity index (χ3n) is 4.93. The minimum Gasteiger partial charge on any atom is -0.469 e. The predicted octanol–water partition coefficient (Wildman–Crippen LogP) is 3.34. The fourth-order valence-corrected chi connectivity index (χ4v) is 3.31. The van der Waals surface area contributed by atoms with Crippen LogP contribution in [0.1, 0.15) is 64.7 Å². The third-order valence-corrected chi connectivity index (χ3v) is 4.93. The number of ether oxygens (including phenoxy) is 1. The van der Waals surface area contributed by atoms with E-state index in [1.807, 2.05) is 18.2 Å². The van der Waals surface area contributed by atoms with Crippen molar-refractivity contribution in [1.82, 2.24) is 0 Å². The quantitative estimate of drug-likeness (QED) is 0.314. The number of ketones is 1. The molecule has 5 heteroatoms. The molecule has 2 N–H and O–H groups in total. The molecule has 26 heavy (non-hydrogen) atoms. The molecule has 1 rings (SSSR count). The van der Waals surface area contributed by atoms with E-state index in [1.165, 1.54) is 7.11 Å². The van der Waals surface area contributed by atoms with E-state index in [-0.39, 0.29) is 30.0 Å². The van der Waals surface area contributed by atoms with Crippen molar-refractivity contribution in [2.24, 2.45) is 11.8 Å². The zero-order valence-corrected chi connectivity index (χ0v) is 16.1. The first-order valence-electron chi connectivity index (χ1n) is 9.78. The summed E-state index contributed by atoms with van der Waals surface area (Å²) in [7, 11) is 1.38. The minimum absolute atomic E-state index is 0.0758. The summed E-state index contributed by atoms with van der Waals surface area (Å²) < 4.78 is 4.59. The molecule has 0 spiro atoms. The number of hydrogen-bond donors (Lipinski definition) is 2. The zero-order valence-electron chi connectivity index (χ0n) is 16.1. The van der Waals surface area contributed by atoms with Crippen molar-refractivity contribution in [3.63, 3.8) is 0 Å². The first-order valence-corrected chi connectivity index (χ1v) is 9.78. The van der Waals surface area contributed by atoms with Crippen LogP contribution in [0.2, 0.25) is 0 Å². The van der Waals surface area contributed by atoms with E-state index < -0.39 is 12.2 Å². The monoisotopic (exact) mass is 366 g/mol. The van der Waals surface area contributed by atoms with E-state index in [0.29, 0.717) is 19.3 Å². The molecule has 0 heterocycles. The maximum absolute atomic E-state index is 12.1. The molecule has 1 fully saturated rings. The number of aliphatic hydroxyl groups is 2. The Morgan fingerprint density at radius 3 is 2.77 bits per heavy atom. The van der Waals surface area contributed by atoms with Crippen LogP contribution in [0.15, 0.2) is 24.3 Å². The molecule has 148 valence electrons. The summed E-state index contributed by atoms with van der Waals surface area (Å²) in [6, 6.07) is 0. The number of methoxy groups -OCH3 is 1. The summed E-state index contributed by atoms with van der Waals surface area (Å²) in [4.78, 5) is 23.2. The minimum atomic E-state index is -0.667. The van der Waals surface area contributed by atoms with Gasteiger partial charge in [0.2, 0.25) is 0 Å². The second-order valence-corrected chi connectivity index (χ2v) is 7.05. The van der Waals surface area contributed by atoms with Crippen molar-refractivity contribution in [3.8, 4) is 0 Å². The first kappa shape index (κ1) is 22.6. The van der Waals surface area contributed by atoms with Gasteiger partial charge in [0.15, 0.2) is 0 Å². The SMILES string of the molecule is CCCCCC(O)/C=C/C1C(O)CC(=O)C1C/C=C/CCCC(=O)OC. The molecule has 0 amide bonds. The normalized spacial score (nSPS) is 24.6. The number of carbonyl (C=O) groups excluding carboxylic acids is 2. The molecule has 0 aliphatic heterocycles. The van der Waals surface area contributed by atoms with Crippen LogP contribution in [0.4, 0.5) is 0 Å². The van der Waals surface area contributed by atoms with Gasteiger partial charge in [0.05, 0.1) is 19.3 Å². The Labute approximate surface area is 157 Å². The lowest BCUT2D eigenvalue weighted by molar-refractivity contribution is -0.140. The summed E-state index contributed by atoms with van der Waals surface area (Å²) in [5, 5.41) is 20.2. The van der Waals surface area contributed by atoms with Crippen LogP contribution < -0.4 is 0 Å². The molecule has 0 aromatic heterocycles. The molecule has 0 aromatic carbocycles. The molecule has 0 aromatic rings. The van der Waals surface area contributed by atoms with Gasteiger partial charge in [0, 0.05) is 24.7 Å². The summed E-state index contributed by atoms with van der Waals surface area (Å²) in [5.41, 5.74) is 0. The van der Waals surface area contributed by atoms with Crippen molar-refractivity contribution >= 4 is 11.8 Å². The van der Waals surface area contributed by atoms with E-state index in [0.717, 1.165) is 32.1 Å². The van der Waals surface area contributed by atoms with Crippen LogP contribution in [-0.4, -0.2) is 41.3 Å². The largest absolute Gasteiger partial charge is 0.469 e. The number of Topliss-reactive ketones (excluding diaryl/α,β-unsaturated/α-hetero) is 1. The Bertz CT molecular complexity index is 483. The molecule has 1 saturated carbocycles. The highest BCUT2D eigenvalue weighted by molar-refractivity contribution is 5.84. The molecule has 1 aliphatic rings. The number of aliphatic hydroxyl groups excluding tert-OH is 2. The lowest BCUT2D eigenvalue weighted by atomic mass is 9.90. The van der Waals surface area contributed by atoms with Crippen molar-refractivity contribution in [2.45, 2.75) is 76.9 Å². The van der Waals surface area contributed by atoms with Gasteiger partial charge in [-0.2, -0.15) is 0 Å². The van der Waals surface area contributed by atoms with Crippen LogP contribution >= 0.6 is 0 Å². The maximum Gasteiger partial charge on any atom is 0.305 e. The van der Waals surface area contributed by atoms with E-state index >= 15 is 0 Å². The molecule has 0 bridgehead atoms. The Hall–Kier alpha value is -1.46. The molecule has 1 aliphatic carbocycles. The number of hydrogen-bond acceptors (Lipinski definition) is 5. The molecule has 4 unspecified atom stereocenters. The van der Waals surface area contributed by atoms with Gasteiger partial charge in [-0.25, -0.2) is 0 Å². The lowest BCUT2D eigenvalue weighted by Crippen LogP contribution is -2.18. The summed E-state index contributed by atoms with van der Waals surface area (Å²) in [5.74, 6) is -0.606. The topological polar surface area (TPSA) is 83.8 Å². The smallest absolute Gasteiger partial charge is 0.305 e. The Morgan fingerprint density at radius 1 is 1.31 bits per heavy atom. The standard InChI is InChI=1S/C21H34O5/c1-3-4-7-10-16(22)13-14-18-17(19(23)15-20(18)24)11-8-5-6-9-12-21(25)26-2/h5,8,13-14,16-18,20,22,24H,3-4,6-7,9-12,15H2,1-2H3/b8-5+,14-13+. The molecular weight excluding hydrogens is 332 g/mol. The first-order chi connectivity index (χ1) is 12.5. The van der Waals surface area contributed by atoms with Gasteiger partial charge in [0.25, 0.3) is 0 Å². The van der Waals surface area contributed by atoms with Crippen molar-refractivity contribution in [1.29, 1.82) is 0 Å². The Kier molecular flexibility index (Phi) is 11.1. The highest BCUT2D eigenvalue weighted by Gasteiger charge is 2.39. The second-order valence-electron chi connectivity index (χ2n) is 7.05. The molecule has 5 nitrogen and oxygen atoms in total. The number of unbranched alkanes of at least 4 members (excludes halogenated alkanes) is 3. The van der Waals surface area contributed by atoms with Crippen LogP contribution in [-0.2, 0) is 14.3 Å². The van der Waals surface area contributed by atoms with E-state index in [4.69, 9.17) is 0 Å². The van der Waals surface area contributed by atoms with Gasteiger partial charge in [-0.3, -0.25) is 9.59 Å². The average molecular weight is 366 g/mol. The van der Waals surface area contributed by atoms with Crippen LogP contribution in [0.25, 0.3) is 0 Å². The van der Waals surface area contributed by atoms with Crippen LogP contribution in [0.5, 0.6) is 0 Å². The average Bonchev–Trinajstić information content (AvgIpc) is 2.89. The summed E-state index contributed by atoms with van der Waals surface area (Å²) >= 11 is 0. The fourth-order valence-electron chi connectivity index (χ4n) is 3.31. The molecule has 0 radical (unpaired) electrons. The van der Waals surface area contributed by atoms with E-state index in [2.05, 4.69) is 11.7 Å². The maximum atomic E-state index is 12.1. The van der Waals surface area contributed by atoms with Crippen LogP contribution in [0, 0.1) is 11.8 Å².